The van der Waals surface area contributed by atoms with E-state index in [4.69, 9.17) is 21.1 Å². The van der Waals surface area contributed by atoms with Crippen molar-refractivity contribution in [3.05, 3.63) is 47.5 Å². The second kappa shape index (κ2) is 9.53. The lowest BCUT2D eigenvalue weighted by Gasteiger charge is -2.26. The fourth-order valence-corrected chi connectivity index (χ4v) is 5.04. The molecule has 1 aliphatic heterocycles. The normalized spacial score (nSPS) is 15.4. The van der Waals surface area contributed by atoms with Gasteiger partial charge in [0.1, 0.15) is 5.75 Å². The molecule has 2 aromatic rings. The first-order chi connectivity index (χ1) is 14.6. The summed E-state index contributed by atoms with van der Waals surface area (Å²) in [6, 6.07) is 9.70. The molecule has 1 heterocycles. The number of anilines is 1. The van der Waals surface area contributed by atoms with E-state index in [1.807, 2.05) is 0 Å². The number of morpholine rings is 1. The van der Waals surface area contributed by atoms with Gasteiger partial charge in [-0.25, -0.2) is 16.8 Å². The van der Waals surface area contributed by atoms with Crippen molar-refractivity contribution in [1.29, 1.82) is 0 Å². The second-order valence-corrected chi connectivity index (χ2v) is 11.1. The molecule has 168 valence electrons. The summed E-state index contributed by atoms with van der Waals surface area (Å²) in [6.45, 7) is 0.754. The maximum atomic E-state index is 12.8. The first-order valence-corrected chi connectivity index (χ1v) is 12.9. The molecule has 3 rings (SSSR count). The number of nitrogens with one attached hydrogen (secondary N) is 1. The first kappa shape index (κ1) is 23.5. The Kier molecular flexibility index (Phi) is 7.22. The first-order valence-electron chi connectivity index (χ1n) is 9.17. The Morgan fingerprint density at radius 1 is 1.06 bits per heavy atom. The SMILES string of the molecule is CS(=O)(=O)c1ccc(OCC(=O)Nc2cc(S(=O)(=O)N3CCOCC3)ccc2Cl)cc1. The van der Waals surface area contributed by atoms with Crippen LogP contribution >= 0.6 is 11.6 Å². The topological polar surface area (TPSA) is 119 Å². The van der Waals surface area contributed by atoms with Crippen molar-refractivity contribution in [2.75, 3.05) is 44.5 Å². The number of amides is 1. The zero-order chi connectivity index (χ0) is 22.6. The van der Waals surface area contributed by atoms with E-state index in [-0.39, 0.29) is 40.2 Å². The van der Waals surface area contributed by atoms with Crippen LogP contribution in [-0.2, 0) is 29.4 Å². The lowest BCUT2D eigenvalue weighted by Crippen LogP contribution is -2.40. The highest BCUT2D eigenvalue weighted by Gasteiger charge is 2.27. The number of sulfonamides is 1. The van der Waals surface area contributed by atoms with Crippen LogP contribution in [-0.4, -0.2) is 66.2 Å². The van der Waals surface area contributed by atoms with Crippen molar-refractivity contribution in [1.82, 2.24) is 4.31 Å². The van der Waals surface area contributed by atoms with Crippen LogP contribution in [0, 0.1) is 0 Å². The molecular weight excluding hydrogens is 468 g/mol. The highest BCUT2D eigenvalue weighted by molar-refractivity contribution is 7.90. The maximum absolute atomic E-state index is 12.8. The molecular formula is C19H21ClN2O7S2. The molecule has 0 unspecified atom stereocenters. The minimum atomic E-state index is -3.75. The van der Waals surface area contributed by atoms with Gasteiger partial charge in [0.25, 0.3) is 5.91 Å². The van der Waals surface area contributed by atoms with Crippen molar-refractivity contribution in [2.45, 2.75) is 9.79 Å². The quantitative estimate of drug-likeness (QED) is 0.630. The van der Waals surface area contributed by atoms with Crippen LogP contribution in [0.2, 0.25) is 5.02 Å². The monoisotopic (exact) mass is 488 g/mol. The van der Waals surface area contributed by atoms with E-state index in [1.165, 1.54) is 46.8 Å². The van der Waals surface area contributed by atoms with Crippen molar-refractivity contribution in [3.8, 4) is 5.75 Å². The minimum absolute atomic E-state index is 0.00591. The molecule has 1 aliphatic rings. The Balaban J connectivity index is 1.66. The van der Waals surface area contributed by atoms with Gasteiger partial charge in [0, 0.05) is 19.3 Å². The fraction of sp³-hybridized carbons (Fsp3) is 0.316. The van der Waals surface area contributed by atoms with Crippen molar-refractivity contribution >= 4 is 43.1 Å². The van der Waals surface area contributed by atoms with Gasteiger partial charge in [-0.2, -0.15) is 4.31 Å². The molecule has 9 nitrogen and oxygen atoms in total. The third kappa shape index (κ3) is 5.95. The molecule has 1 amide bonds. The predicted molar refractivity (Wildman–Crippen MR) is 115 cm³/mol. The maximum Gasteiger partial charge on any atom is 0.262 e. The van der Waals surface area contributed by atoms with Crippen molar-refractivity contribution < 1.29 is 31.1 Å². The van der Waals surface area contributed by atoms with Gasteiger partial charge >= 0.3 is 0 Å². The third-order valence-electron chi connectivity index (χ3n) is 4.44. The third-order valence-corrected chi connectivity index (χ3v) is 7.79. The van der Waals surface area contributed by atoms with E-state index in [1.54, 1.807) is 0 Å². The number of halogens is 1. The summed E-state index contributed by atoms with van der Waals surface area (Å²) in [6.07, 6.45) is 1.09. The number of sulfone groups is 1. The molecule has 0 radical (unpaired) electrons. The number of carbonyl (C=O) groups is 1. The van der Waals surface area contributed by atoms with Gasteiger partial charge in [-0.15, -0.1) is 0 Å². The number of rotatable bonds is 7. The van der Waals surface area contributed by atoms with Crippen LogP contribution < -0.4 is 10.1 Å². The lowest BCUT2D eigenvalue weighted by atomic mass is 10.3. The van der Waals surface area contributed by atoms with Gasteiger partial charge < -0.3 is 14.8 Å². The van der Waals surface area contributed by atoms with Crippen LogP contribution in [0.1, 0.15) is 0 Å². The zero-order valence-electron chi connectivity index (χ0n) is 16.6. The summed E-state index contributed by atoms with van der Waals surface area (Å²) < 4.78 is 60.4. The van der Waals surface area contributed by atoms with Crippen LogP contribution in [0.3, 0.4) is 0 Å². The Morgan fingerprint density at radius 3 is 2.29 bits per heavy atom. The van der Waals surface area contributed by atoms with Gasteiger partial charge in [-0.1, -0.05) is 11.6 Å². The number of hydrogen-bond acceptors (Lipinski definition) is 7. The average molecular weight is 489 g/mol. The number of benzene rings is 2. The molecule has 0 atom stereocenters. The van der Waals surface area contributed by atoms with E-state index in [0.717, 1.165) is 6.26 Å². The van der Waals surface area contributed by atoms with Gasteiger partial charge in [0.2, 0.25) is 10.0 Å². The molecule has 0 bridgehead atoms. The summed E-state index contributed by atoms with van der Waals surface area (Å²) in [5, 5.41) is 2.71. The van der Waals surface area contributed by atoms with E-state index in [9.17, 15) is 21.6 Å². The van der Waals surface area contributed by atoms with Gasteiger partial charge in [0.05, 0.1) is 33.7 Å². The molecule has 2 aromatic carbocycles. The van der Waals surface area contributed by atoms with Crippen LogP contribution in [0.25, 0.3) is 0 Å². The molecule has 12 heteroatoms. The van der Waals surface area contributed by atoms with E-state index in [0.29, 0.717) is 19.0 Å². The Morgan fingerprint density at radius 2 is 1.68 bits per heavy atom. The summed E-state index contributed by atoms with van der Waals surface area (Å²) in [4.78, 5) is 12.4. The van der Waals surface area contributed by atoms with E-state index < -0.39 is 25.8 Å². The Labute approximate surface area is 185 Å². The molecule has 0 aromatic heterocycles. The Hall–Kier alpha value is -2.18. The molecule has 0 saturated carbocycles. The van der Waals surface area contributed by atoms with Crippen LogP contribution in [0.15, 0.2) is 52.3 Å². The highest BCUT2D eigenvalue weighted by atomic mass is 35.5. The smallest absolute Gasteiger partial charge is 0.262 e. The van der Waals surface area contributed by atoms with Gasteiger partial charge in [-0.3, -0.25) is 4.79 Å². The summed E-state index contributed by atoms with van der Waals surface area (Å²) in [5.74, 6) is -0.257. The van der Waals surface area contributed by atoms with Gasteiger partial charge in [-0.05, 0) is 42.5 Å². The number of nitrogens with zero attached hydrogens (tertiary/aromatic N) is 1. The minimum Gasteiger partial charge on any atom is -0.484 e. The molecule has 1 saturated heterocycles. The van der Waals surface area contributed by atoms with E-state index in [2.05, 4.69) is 5.32 Å². The van der Waals surface area contributed by atoms with Gasteiger partial charge in [0.15, 0.2) is 16.4 Å². The molecule has 31 heavy (non-hydrogen) atoms. The molecule has 0 aliphatic carbocycles. The molecule has 1 fully saturated rings. The molecule has 1 N–H and O–H groups in total. The van der Waals surface area contributed by atoms with Crippen molar-refractivity contribution in [2.24, 2.45) is 0 Å². The van der Waals surface area contributed by atoms with E-state index >= 15 is 0 Å². The van der Waals surface area contributed by atoms with Crippen LogP contribution in [0.4, 0.5) is 5.69 Å². The predicted octanol–water partition coefficient (Wildman–Crippen LogP) is 1.78. The van der Waals surface area contributed by atoms with Crippen molar-refractivity contribution in [3.63, 3.8) is 0 Å². The van der Waals surface area contributed by atoms with Crippen LogP contribution in [0.5, 0.6) is 5.75 Å². The molecule has 0 spiro atoms. The standard InChI is InChI=1S/C19H21ClN2O7S2/c1-30(24,25)15-4-2-14(3-5-15)29-13-19(23)21-18-12-16(6-7-17(18)20)31(26,27)22-8-10-28-11-9-22/h2-7,12H,8-11,13H2,1H3,(H,21,23). The summed E-state index contributed by atoms with van der Waals surface area (Å²) in [7, 11) is -7.08. The fourth-order valence-electron chi connectivity index (χ4n) is 2.81. The zero-order valence-corrected chi connectivity index (χ0v) is 19.0. The second-order valence-electron chi connectivity index (χ2n) is 6.74. The summed E-state index contributed by atoms with van der Waals surface area (Å²) >= 11 is 6.11. The number of carbonyl (C=O) groups excluding carboxylic acids is 1. The number of ether oxygens (including phenoxy) is 2. The highest BCUT2D eigenvalue weighted by Crippen LogP contribution is 2.27. The number of hydrogen-bond donors (Lipinski definition) is 1. The average Bonchev–Trinajstić information content (AvgIpc) is 2.74. The largest absolute Gasteiger partial charge is 0.484 e. The summed E-state index contributed by atoms with van der Waals surface area (Å²) in [5.41, 5.74) is 0.136. The Bertz CT molecular complexity index is 1160. The lowest BCUT2D eigenvalue weighted by molar-refractivity contribution is -0.118.